The molecule has 1 saturated carbocycles. The van der Waals surface area contributed by atoms with Crippen LogP contribution in [0.25, 0.3) is 0 Å². The van der Waals surface area contributed by atoms with Crippen LogP contribution in [-0.4, -0.2) is 19.1 Å². The fourth-order valence-electron chi connectivity index (χ4n) is 3.41. The third kappa shape index (κ3) is 4.75. The highest BCUT2D eigenvalue weighted by atomic mass is 16.5. The second-order valence-corrected chi connectivity index (χ2v) is 6.55. The summed E-state index contributed by atoms with van der Waals surface area (Å²) in [5.74, 6) is 0.946. The van der Waals surface area contributed by atoms with Gasteiger partial charge in [0.2, 0.25) is 5.91 Å². The van der Waals surface area contributed by atoms with E-state index in [0.29, 0.717) is 12.5 Å². The third-order valence-corrected chi connectivity index (χ3v) is 4.60. The minimum Gasteiger partial charge on any atom is -0.496 e. The van der Waals surface area contributed by atoms with E-state index in [1.807, 2.05) is 19.9 Å². The molecule has 0 saturated heterocycles. The van der Waals surface area contributed by atoms with Crippen LogP contribution in [0.4, 0.5) is 0 Å². The minimum atomic E-state index is 0.121. The Balaban J connectivity index is 1.99. The van der Waals surface area contributed by atoms with Gasteiger partial charge in [0.15, 0.2) is 0 Å². The van der Waals surface area contributed by atoms with Crippen LogP contribution in [0.15, 0.2) is 12.1 Å². The number of benzene rings is 1. The summed E-state index contributed by atoms with van der Waals surface area (Å²) in [6.07, 6.45) is 9.07. The van der Waals surface area contributed by atoms with E-state index in [2.05, 4.69) is 11.4 Å². The maximum atomic E-state index is 12.4. The van der Waals surface area contributed by atoms with Gasteiger partial charge in [-0.2, -0.15) is 0 Å². The van der Waals surface area contributed by atoms with Gasteiger partial charge in [0.25, 0.3) is 0 Å². The summed E-state index contributed by atoms with van der Waals surface area (Å²) in [4.78, 5) is 12.4. The zero-order valence-corrected chi connectivity index (χ0v) is 14.2. The fraction of sp³-hybridized carbons (Fsp3) is 0.632. The predicted molar refractivity (Wildman–Crippen MR) is 90.4 cm³/mol. The van der Waals surface area contributed by atoms with Gasteiger partial charge in [-0.25, -0.2) is 0 Å². The molecule has 0 spiro atoms. The van der Waals surface area contributed by atoms with Crippen LogP contribution in [0, 0.1) is 13.8 Å². The molecule has 122 valence electrons. The smallest absolute Gasteiger partial charge is 0.224 e. The Hall–Kier alpha value is -1.51. The molecule has 3 heteroatoms. The van der Waals surface area contributed by atoms with Crippen molar-refractivity contribution in [3.63, 3.8) is 0 Å². The van der Waals surface area contributed by atoms with Crippen molar-refractivity contribution in [2.45, 2.75) is 71.3 Å². The molecule has 22 heavy (non-hydrogen) atoms. The molecule has 1 N–H and O–H groups in total. The number of carbonyl (C=O) groups is 1. The average Bonchev–Trinajstić information content (AvgIpc) is 2.44. The van der Waals surface area contributed by atoms with Crippen LogP contribution in [0.5, 0.6) is 5.75 Å². The van der Waals surface area contributed by atoms with E-state index in [1.54, 1.807) is 7.11 Å². The Morgan fingerprint density at radius 3 is 2.41 bits per heavy atom. The van der Waals surface area contributed by atoms with Crippen LogP contribution in [0.3, 0.4) is 0 Å². The molecule has 0 radical (unpaired) electrons. The van der Waals surface area contributed by atoms with Crippen LogP contribution in [-0.2, 0) is 11.2 Å². The van der Waals surface area contributed by atoms with Crippen molar-refractivity contribution >= 4 is 5.91 Å². The second kappa shape index (κ2) is 8.21. The highest BCUT2D eigenvalue weighted by Crippen LogP contribution is 2.25. The first-order valence-corrected chi connectivity index (χ1v) is 8.53. The molecular weight excluding hydrogens is 274 g/mol. The Bertz CT molecular complexity index is 502. The third-order valence-electron chi connectivity index (χ3n) is 4.60. The van der Waals surface area contributed by atoms with Gasteiger partial charge in [-0.05, 0) is 43.9 Å². The number of aryl methyl sites for hydroxylation is 2. The van der Waals surface area contributed by atoms with Gasteiger partial charge in [-0.1, -0.05) is 38.2 Å². The topological polar surface area (TPSA) is 38.3 Å². The second-order valence-electron chi connectivity index (χ2n) is 6.55. The van der Waals surface area contributed by atoms with Crippen molar-refractivity contribution in [1.82, 2.24) is 5.32 Å². The van der Waals surface area contributed by atoms with Crippen LogP contribution >= 0.6 is 0 Å². The first-order chi connectivity index (χ1) is 10.6. The fourth-order valence-corrected chi connectivity index (χ4v) is 3.41. The molecule has 1 aromatic rings. The molecular formula is C19H29NO2. The normalized spacial score (nSPS) is 16.7. The van der Waals surface area contributed by atoms with Gasteiger partial charge in [-0.3, -0.25) is 4.79 Å². The monoisotopic (exact) mass is 303 g/mol. The Morgan fingerprint density at radius 1 is 1.14 bits per heavy atom. The molecule has 0 heterocycles. The largest absolute Gasteiger partial charge is 0.496 e. The van der Waals surface area contributed by atoms with E-state index in [-0.39, 0.29) is 5.91 Å². The first kappa shape index (κ1) is 16.9. The van der Waals surface area contributed by atoms with Crippen LogP contribution < -0.4 is 10.1 Å². The summed E-state index contributed by atoms with van der Waals surface area (Å²) in [7, 11) is 1.67. The van der Waals surface area contributed by atoms with Crippen molar-refractivity contribution in [3.8, 4) is 5.75 Å². The summed E-state index contributed by atoms with van der Waals surface area (Å²) in [5, 5.41) is 3.23. The number of rotatable bonds is 4. The van der Waals surface area contributed by atoms with Gasteiger partial charge in [0, 0.05) is 11.6 Å². The van der Waals surface area contributed by atoms with Gasteiger partial charge in [0.1, 0.15) is 5.75 Å². The maximum Gasteiger partial charge on any atom is 0.224 e. The van der Waals surface area contributed by atoms with Gasteiger partial charge in [-0.15, -0.1) is 0 Å². The summed E-state index contributed by atoms with van der Waals surface area (Å²) >= 11 is 0. The van der Waals surface area contributed by atoms with Crippen molar-refractivity contribution in [1.29, 1.82) is 0 Å². The molecule has 0 aliphatic heterocycles. The summed E-state index contributed by atoms with van der Waals surface area (Å²) < 4.78 is 5.45. The molecule has 1 aliphatic rings. The molecule has 0 atom stereocenters. The van der Waals surface area contributed by atoms with Crippen molar-refractivity contribution in [3.05, 3.63) is 28.8 Å². The Morgan fingerprint density at radius 2 is 1.77 bits per heavy atom. The lowest BCUT2D eigenvalue weighted by molar-refractivity contribution is -0.121. The van der Waals surface area contributed by atoms with E-state index in [4.69, 9.17) is 4.74 Å². The quantitative estimate of drug-likeness (QED) is 0.910. The summed E-state index contributed by atoms with van der Waals surface area (Å²) in [6, 6.07) is 4.47. The van der Waals surface area contributed by atoms with Crippen molar-refractivity contribution in [2.75, 3.05) is 7.11 Å². The molecule has 0 bridgehead atoms. The maximum absolute atomic E-state index is 12.4. The zero-order valence-electron chi connectivity index (χ0n) is 14.2. The Kier molecular flexibility index (Phi) is 6.29. The molecule has 1 fully saturated rings. The summed E-state index contributed by atoms with van der Waals surface area (Å²) in [6.45, 7) is 4.10. The van der Waals surface area contributed by atoms with Gasteiger partial charge >= 0.3 is 0 Å². The number of nitrogens with one attached hydrogen (secondary N) is 1. The molecule has 0 unspecified atom stereocenters. The average molecular weight is 303 g/mol. The molecule has 0 aromatic heterocycles. The molecule has 1 amide bonds. The number of ether oxygens (including phenoxy) is 1. The number of hydrogen-bond donors (Lipinski definition) is 1. The number of hydrogen-bond acceptors (Lipinski definition) is 2. The number of carbonyl (C=O) groups excluding carboxylic acids is 1. The zero-order chi connectivity index (χ0) is 15.9. The van der Waals surface area contributed by atoms with E-state index in [1.165, 1.54) is 37.7 Å². The van der Waals surface area contributed by atoms with E-state index in [9.17, 15) is 4.79 Å². The van der Waals surface area contributed by atoms with Crippen molar-refractivity contribution in [2.24, 2.45) is 0 Å². The highest BCUT2D eigenvalue weighted by Gasteiger charge is 2.17. The number of amides is 1. The van der Waals surface area contributed by atoms with E-state index >= 15 is 0 Å². The molecule has 2 rings (SSSR count). The van der Waals surface area contributed by atoms with Crippen molar-refractivity contribution < 1.29 is 9.53 Å². The standard InChI is InChI=1S/C19H29NO2/c1-14-11-15(2)17(18(12-14)22-3)13-19(21)20-16-9-7-5-4-6-8-10-16/h11-12,16H,4-10,13H2,1-3H3,(H,20,21). The Labute approximate surface area is 134 Å². The lowest BCUT2D eigenvalue weighted by atomic mass is 9.96. The lowest BCUT2D eigenvalue weighted by Gasteiger charge is -2.21. The van der Waals surface area contributed by atoms with E-state index < -0.39 is 0 Å². The van der Waals surface area contributed by atoms with E-state index in [0.717, 1.165) is 29.7 Å². The molecule has 3 nitrogen and oxygen atoms in total. The summed E-state index contributed by atoms with van der Waals surface area (Å²) in [5.41, 5.74) is 3.31. The first-order valence-electron chi connectivity index (χ1n) is 8.53. The van der Waals surface area contributed by atoms with Gasteiger partial charge < -0.3 is 10.1 Å². The highest BCUT2D eigenvalue weighted by molar-refractivity contribution is 5.80. The van der Waals surface area contributed by atoms with Crippen LogP contribution in [0.1, 0.15) is 61.6 Å². The molecule has 1 aromatic carbocycles. The predicted octanol–water partition coefficient (Wildman–Crippen LogP) is 4.08. The minimum absolute atomic E-state index is 0.121. The van der Waals surface area contributed by atoms with Crippen LogP contribution in [0.2, 0.25) is 0 Å². The number of methoxy groups -OCH3 is 1. The molecule has 1 aliphatic carbocycles. The van der Waals surface area contributed by atoms with Gasteiger partial charge in [0.05, 0.1) is 13.5 Å². The SMILES string of the molecule is COc1cc(C)cc(C)c1CC(=O)NC1CCCCCCC1. The lowest BCUT2D eigenvalue weighted by Crippen LogP contribution is -2.36.